The van der Waals surface area contributed by atoms with Gasteiger partial charge in [-0.25, -0.2) is 8.42 Å². The number of carbonyl (C=O) groups is 1. The molecule has 1 aliphatic carbocycles. The Bertz CT molecular complexity index is 609. The smallest absolute Gasteiger partial charge is 0.263 e. The van der Waals surface area contributed by atoms with E-state index in [0.717, 1.165) is 17.7 Å². The summed E-state index contributed by atoms with van der Waals surface area (Å²) < 4.78 is 23.1. The Morgan fingerprint density at radius 3 is 2.75 bits per heavy atom. The Kier molecular flexibility index (Phi) is 3.62. The lowest BCUT2D eigenvalue weighted by Gasteiger charge is -2.22. The molecule has 20 heavy (non-hydrogen) atoms. The van der Waals surface area contributed by atoms with Crippen LogP contribution in [-0.2, 0) is 22.7 Å². The van der Waals surface area contributed by atoms with Crippen molar-refractivity contribution in [2.24, 2.45) is 0 Å². The predicted octanol–water partition coefficient (Wildman–Crippen LogP) is 1.89. The van der Waals surface area contributed by atoms with Crippen LogP contribution in [-0.4, -0.2) is 43.8 Å². The Morgan fingerprint density at radius 2 is 2.10 bits per heavy atom. The molecule has 0 aromatic carbocycles. The third-order valence-electron chi connectivity index (χ3n) is 4.28. The Labute approximate surface area is 123 Å². The second-order valence-corrected chi connectivity index (χ2v) is 9.10. The summed E-state index contributed by atoms with van der Waals surface area (Å²) in [5, 5.41) is 0. The van der Waals surface area contributed by atoms with Gasteiger partial charge in [-0.2, -0.15) is 0 Å². The Balaban J connectivity index is 1.77. The van der Waals surface area contributed by atoms with Crippen LogP contribution in [0.2, 0.25) is 0 Å². The number of hydrogen-bond donors (Lipinski definition) is 0. The van der Waals surface area contributed by atoms with Crippen LogP contribution < -0.4 is 0 Å². The van der Waals surface area contributed by atoms with E-state index in [4.69, 9.17) is 0 Å². The van der Waals surface area contributed by atoms with E-state index >= 15 is 0 Å². The molecule has 0 N–H and O–H groups in total. The first-order chi connectivity index (χ1) is 9.46. The molecule has 1 aromatic heterocycles. The molecule has 0 radical (unpaired) electrons. The molecule has 1 atom stereocenters. The van der Waals surface area contributed by atoms with E-state index in [1.54, 1.807) is 23.3 Å². The van der Waals surface area contributed by atoms with Gasteiger partial charge in [-0.1, -0.05) is 0 Å². The van der Waals surface area contributed by atoms with Crippen molar-refractivity contribution in [3.8, 4) is 0 Å². The van der Waals surface area contributed by atoms with Gasteiger partial charge < -0.3 is 4.90 Å². The summed E-state index contributed by atoms with van der Waals surface area (Å²) in [5.74, 6) is 0.294. The first kappa shape index (κ1) is 14.1. The van der Waals surface area contributed by atoms with E-state index in [0.29, 0.717) is 6.42 Å². The van der Waals surface area contributed by atoms with E-state index in [2.05, 4.69) is 0 Å². The molecular weight excluding hydrogens is 294 g/mol. The molecular formula is C14H19NO3S2. The summed E-state index contributed by atoms with van der Waals surface area (Å²) >= 11 is 1.59. The zero-order valence-electron chi connectivity index (χ0n) is 11.6. The minimum atomic E-state index is -2.95. The summed E-state index contributed by atoms with van der Waals surface area (Å²) in [6.45, 7) is 0. The van der Waals surface area contributed by atoms with Crippen LogP contribution in [0.5, 0.6) is 0 Å². The average Bonchev–Trinajstić information content (AvgIpc) is 3.00. The van der Waals surface area contributed by atoms with E-state index < -0.39 is 9.84 Å². The molecule has 1 aliphatic heterocycles. The van der Waals surface area contributed by atoms with Gasteiger partial charge in [-0.15, -0.1) is 11.3 Å². The van der Waals surface area contributed by atoms with Gasteiger partial charge in [0.2, 0.25) is 0 Å². The SMILES string of the molecule is CN(C(=O)c1cc2c(s1)CCCC2)C1CCS(=O)(=O)C1. The molecule has 4 nitrogen and oxygen atoms in total. The van der Waals surface area contributed by atoms with Crippen LogP contribution >= 0.6 is 11.3 Å². The standard InChI is InChI=1S/C14H19NO3S2/c1-15(11-6-7-20(17,18)9-11)14(16)13-8-10-4-2-3-5-12(10)19-13/h8,11H,2-7,9H2,1H3. The summed E-state index contributed by atoms with van der Waals surface area (Å²) in [5.41, 5.74) is 1.32. The first-order valence-electron chi connectivity index (χ1n) is 7.05. The van der Waals surface area contributed by atoms with Crippen LogP contribution in [0.3, 0.4) is 0 Å². The molecule has 2 aliphatic rings. The molecule has 0 spiro atoms. The highest BCUT2D eigenvalue weighted by atomic mass is 32.2. The minimum Gasteiger partial charge on any atom is -0.337 e. The normalized spacial score (nSPS) is 24.4. The topological polar surface area (TPSA) is 54.5 Å². The number of hydrogen-bond acceptors (Lipinski definition) is 4. The van der Waals surface area contributed by atoms with Crippen molar-refractivity contribution in [1.82, 2.24) is 4.90 Å². The summed E-state index contributed by atoms with van der Waals surface area (Å²) in [6.07, 6.45) is 5.12. The van der Waals surface area contributed by atoms with Crippen molar-refractivity contribution < 1.29 is 13.2 Å². The number of thiophene rings is 1. The monoisotopic (exact) mass is 313 g/mol. The van der Waals surface area contributed by atoms with Crippen LogP contribution in [0.25, 0.3) is 0 Å². The second-order valence-electron chi connectivity index (χ2n) is 5.74. The van der Waals surface area contributed by atoms with E-state index in [-0.39, 0.29) is 23.5 Å². The van der Waals surface area contributed by atoms with Crippen LogP contribution in [0.15, 0.2) is 6.07 Å². The number of amides is 1. The predicted molar refractivity (Wildman–Crippen MR) is 80.1 cm³/mol. The number of aryl methyl sites for hydroxylation is 2. The Morgan fingerprint density at radius 1 is 1.35 bits per heavy atom. The van der Waals surface area contributed by atoms with Gasteiger partial charge in [0.1, 0.15) is 0 Å². The molecule has 3 rings (SSSR count). The molecule has 0 bridgehead atoms. The fourth-order valence-electron chi connectivity index (χ4n) is 3.02. The van der Waals surface area contributed by atoms with E-state index in [1.165, 1.54) is 23.3 Å². The van der Waals surface area contributed by atoms with Crippen LogP contribution in [0.4, 0.5) is 0 Å². The lowest BCUT2D eigenvalue weighted by Crippen LogP contribution is -2.37. The molecule has 1 fully saturated rings. The fourth-order valence-corrected chi connectivity index (χ4v) is 6.03. The van der Waals surface area contributed by atoms with Crippen LogP contribution in [0.1, 0.15) is 39.4 Å². The Hall–Kier alpha value is -0.880. The summed E-state index contributed by atoms with van der Waals surface area (Å²) in [7, 11) is -1.22. The average molecular weight is 313 g/mol. The molecule has 6 heteroatoms. The third-order valence-corrected chi connectivity index (χ3v) is 7.26. The number of rotatable bonds is 2. The van der Waals surface area contributed by atoms with Gasteiger partial charge in [0.25, 0.3) is 5.91 Å². The maximum Gasteiger partial charge on any atom is 0.263 e. The molecule has 0 saturated carbocycles. The fraction of sp³-hybridized carbons (Fsp3) is 0.643. The summed E-state index contributed by atoms with van der Waals surface area (Å²) in [4.78, 5) is 16.2. The third kappa shape index (κ3) is 2.63. The van der Waals surface area contributed by atoms with Crippen molar-refractivity contribution in [3.05, 3.63) is 21.4 Å². The van der Waals surface area contributed by atoms with Crippen molar-refractivity contribution in [2.75, 3.05) is 18.6 Å². The molecule has 2 heterocycles. The van der Waals surface area contributed by atoms with Gasteiger partial charge in [0.15, 0.2) is 9.84 Å². The molecule has 1 amide bonds. The van der Waals surface area contributed by atoms with Gasteiger partial charge in [0.05, 0.1) is 16.4 Å². The second kappa shape index (κ2) is 5.15. The van der Waals surface area contributed by atoms with Crippen molar-refractivity contribution in [2.45, 2.75) is 38.1 Å². The van der Waals surface area contributed by atoms with Crippen molar-refractivity contribution in [3.63, 3.8) is 0 Å². The number of nitrogens with zero attached hydrogens (tertiary/aromatic N) is 1. The number of sulfone groups is 1. The van der Waals surface area contributed by atoms with Gasteiger partial charge >= 0.3 is 0 Å². The molecule has 110 valence electrons. The minimum absolute atomic E-state index is 0.0218. The highest BCUT2D eigenvalue weighted by Crippen LogP contribution is 2.31. The zero-order valence-corrected chi connectivity index (χ0v) is 13.2. The van der Waals surface area contributed by atoms with Gasteiger partial charge in [-0.05, 0) is 43.7 Å². The van der Waals surface area contributed by atoms with Gasteiger partial charge in [-0.3, -0.25) is 4.79 Å². The first-order valence-corrected chi connectivity index (χ1v) is 9.69. The number of fused-ring (bicyclic) bond motifs is 1. The highest BCUT2D eigenvalue weighted by molar-refractivity contribution is 7.91. The maximum atomic E-state index is 12.5. The molecule has 1 saturated heterocycles. The quantitative estimate of drug-likeness (QED) is 0.838. The molecule has 1 aromatic rings. The lowest BCUT2D eigenvalue weighted by molar-refractivity contribution is 0.0752. The van der Waals surface area contributed by atoms with E-state index in [1.807, 2.05) is 6.07 Å². The molecule has 1 unspecified atom stereocenters. The number of carbonyl (C=O) groups excluding carboxylic acids is 1. The highest BCUT2D eigenvalue weighted by Gasteiger charge is 2.33. The maximum absolute atomic E-state index is 12.5. The van der Waals surface area contributed by atoms with Crippen molar-refractivity contribution >= 4 is 27.1 Å². The zero-order chi connectivity index (χ0) is 14.3. The summed E-state index contributed by atoms with van der Waals surface area (Å²) in [6, 6.07) is 1.85. The van der Waals surface area contributed by atoms with E-state index in [9.17, 15) is 13.2 Å². The van der Waals surface area contributed by atoms with Crippen molar-refractivity contribution in [1.29, 1.82) is 0 Å². The lowest BCUT2D eigenvalue weighted by atomic mass is 9.99. The largest absolute Gasteiger partial charge is 0.337 e. The van der Waals surface area contributed by atoms with Gasteiger partial charge in [0, 0.05) is 18.0 Å². The van der Waals surface area contributed by atoms with Crippen LogP contribution in [0, 0.1) is 0 Å².